The highest BCUT2D eigenvalue weighted by molar-refractivity contribution is 7.15. The zero-order chi connectivity index (χ0) is 53.5. The van der Waals surface area contributed by atoms with Gasteiger partial charge in [0.25, 0.3) is 0 Å². The number of rotatable bonds is 12. The lowest BCUT2D eigenvalue weighted by molar-refractivity contribution is 1.06. The molecule has 14 rings (SSSR count). The van der Waals surface area contributed by atoms with Gasteiger partial charge < -0.3 is 9.13 Å². The van der Waals surface area contributed by atoms with Crippen LogP contribution in [-0.2, 0) is 0 Å². The van der Waals surface area contributed by atoms with Gasteiger partial charge in [0.15, 0.2) is 34.9 Å². The van der Waals surface area contributed by atoms with E-state index in [9.17, 15) is 0 Å². The lowest BCUT2D eigenvalue weighted by Gasteiger charge is -2.13. The summed E-state index contributed by atoms with van der Waals surface area (Å²) in [5.74, 6) is 3.59. The fourth-order valence-electron chi connectivity index (χ4n) is 10.6. The largest absolute Gasteiger partial charge is 0.310 e. The summed E-state index contributed by atoms with van der Waals surface area (Å²) in [5, 5.41) is 14.8. The monoisotopic (exact) mass is 1050 g/mol. The first kappa shape index (κ1) is 47.8. The van der Waals surface area contributed by atoms with Gasteiger partial charge in [-0.05, 0) is 61.0 Å². The number of aryl methyl sites for hydroxylation is 1. The summed E-state index contributed by atoms with van der Waals surface area (Å²) in [4.78, 5) is 30.2. The van der Waals surface area contributed by atoms with Gasteiger partial charge in [-0.2, -0.15) is 0 Å². The summed E-state index contributed by atoms with van der Waals surface area (Å²) in [5.41, 5.74) is 14.3. The SMILES string of the molecule is C=C/C(=C\c1c(C)c2ccccc2n1-c1cccc(-c2nc(-c3ccccc3)nc(-c3ccccc3)n2)c1)c1nnc(-c2cccc3c4ccccc4n(-c4cccc(-c5nc(-c6ccccc6)nc(-c6ccccc6)n5)c4)c23)s1. The van der Waals surface area contributed by atoms with Crippen molar-refractivity contribution in [2.75, 3.05) is 0 Å². The average molecular weight is 1050 g/mol. The third-order valence-corrected chi connectivity index (χ3v) is 15.4. The number of aromatic nitrogens is 10. The van der Waals surface area contributed by atoms with Gasteiger partial charge in [-0.3, -0.25) is 0 Å². The van der Waals surface area contributed by atoms with Crippen LogP contribution in [-0.4, -0.2) is 49.2 Å². The number of benzene rings is 9. The van der Waals surface area contributed by atoms with Gasteiger partial charge in [-0.25, -0.2) is 29.9 Å². The number of fused-ring (bicyclic) bond motifs is 4. The van der Waals surface area contributed by atoms with E-state index in [1.54, 1.807) is 11.3 Å². The van der Waals surface area contributed by atoms with E-state index in [4.69, 9.17) is 40.1 Å². The first-order valence-corrected chi connectivity index (χ1v) is 27.1. The Morgan fingerprint density at radius 2 is 0.800 bits per heavy atom. The minimum Gasteiger partial charge on any atom is -0.310 e. The summed E-state index contributed by atoms with van der Waals surface area (Å²) >= 11 is 1.54. The molecule has 0 saturated heterocycles. The second-order valence-corrected chi connectivity index (χ2v) is 20.3. The zero-order valence-corrected chi connectivity index (χ0v) is 44.1. The van der Waals surface area contributed by atoms with Gasteiger partial charge in [0, 0.05) is 72.1 Å². The molecular formula is C69H46N10S. The molecule has 9 aromatic carbocycles. The van der Waals surface area contributed by atoms with E-state index < -0.39 is 0 Å². The minimum absolute atomic E-state index is 0.581. The number of allylic oxidation sites excluding steroid dienone is 2. The van der Waals surface area contributed by atoms with E-state index in [2.05, 4.69) is 144 Å². The van der Waals surface area contributed by atoms with Crippen molar-refractivity contribution >= 4 is 55.7 Å². The molecule has 10 nitrogen and oxygen atoms in total. The van der Waals surface area contributed by atoms with Gasteiger partial charge in [-0.1, -0.05) is 218 Å². The normalized spacial score (nSPS) is 11.7. The molecule has 0 saturated carbocycles. The molecule has 0 radical (unpaired) electrons. The third-order valence-electron chi connectivity index (χ3n) is 14.4. The molecule has 80 heavy (non-hydrogen) atoms. The topological polar surface area (TPSA) is 113 Å². The number of nitrogens with zero attached hydrogens (tertiary/aromatic N) is 10. The lowest BCUT2D eigenvalue weighted by atomic mass is 10.1. The summed E-state index contributed by atoms with van der Waals surface area (Å²) in [6.07, 6.45) is 4.06. The Bertz CT molecular complexity index is 4560. The van der Waals surface area contributed by atoms with Gasteiger partial charge >= 0.3 is 0 Å². The molecule has 0 spiro atoms. The van der Waals surface area contributed by atoms with Crippen LogP contribution in [0.15, 0.2) is 249 Å². The van der Waals surface area contributed by atoms with Crippen LogP contribution in [0.4, 0.5) is 0 Å². The van der Waals surface area contributed by atoms with Crippen LogP contribution in [0.5, 0.6) is 0 Å². The maximum atomic E-state index is 5.08. The number of para-hydroxylation sites is 3. The highest BCUT2D eigenvalue weighted by Crippen LogP contribution is 2.41. The van der Waals surface area contributed by atoms with Gasteiger partial charge in [0.05, 0.1) is 22.2 Å². The molecule has 5 heterocycles. The van der Waals surface area contributed by atoms with Crippen molar-refractivity contribution in [2.24, 2.45) is 0 Å². The molecule has 14 aromatic rings. The van der Waals surface area contributed by atoms with Gasteiger partial charge in [0.1, 0.15) is 10.0 Å². The Morgan fingerprint density at radius 3 is 1.30 bits per heavy atom. The molecule has 0 atom stereocenters. The second-order valence-electron chi connectivity index (χ2n) is 19.3. The Kier molecular flexibility index (Phi) is 12.2. The first-order chi connectivity index (χ1) is 39.5. The molecule has 0 bridgehead atoms. The van der Waals surface area contributed by atoms with E-state index in [0.717, 1.165) is 110 Å². The highest BCUT2D eigenvalue weighted by Gasteiger charge is 2.23. The maximum absolute atomic E-state index is 5.08. The van der Waals surface area contributed by atoms with Crippen molar-refractivity contribution in [3.05, 3.63) is 266 Å². The molecule has 0 aliphatic carbocycles. The molecule has 0 N–H and O–H groups in total. The Labute approximate surface area is 465 Å². The predicted octanol–water partition coefficient (Wildman–Crippen LogP) is 16.7. The standard InChI is InChI=1S/C69H46N10S/c1-3-45(43-60-44(2)54-35-16-18-39-58(54)78(60)52-33-20-31-50(41-52)66-72-62(46-23-8-4-9-24-46)70-63(73-66)47-25-10-5-11-26-47)68-76-77-69(80-68)57-38-22-37-56-55-36-17-19-40-59(55)79(61(56)57)53-34-21-32-51(42-53)67-74-64(48-27-12-6-13-28-48)71-65(75-67)49-29-14-7-15-30-49/h3-43H,1H2,2H3/b45-43+. The molecule has 11 heteroatoms. The Hall–Kier alpha value is -10.6. The summed E-state index contributed by atoms with van der Waals surface area (Å²) in [7, 11) is 0. The van der Waals surface area contributed by atoms with E-state index in [-0.39, 0.29) is 0 Å². The fourth-order valence-corrected chi connectivity index (χ4v) is 11.5. The number of hydrogen-bond donors (Lipinski definition) is 0. The maximum Gasteiger partial charge on any atom is 0.164 e. The van der Waals surface area contributed by atoms with E-state index in [1.165, 1.54) is 0 Å². The Balaban J connectivity index is 0.870. The second kappa shape index (κ2) is 20.4. The van der Waals surface area contributed by atoms with Crippen LogP contribution in [0.1, 0.15) is 16.3 Å². The van der Waals surface area contributed by atoms with Crippen molar-refractivity contribution in [3.63, 3.8) is 0 Å². The highest BCUT2D eigenvalue weighted by atomic mass is 32.1. The van der Waals surface area contributed by atoms with Crippen LogP contribution in [0.25, 0.3) is 135 Å². The van der Waals surface area contributed by atoms with E-state index in [1.807, 2.05) is 127 Å². The molecule has 0 aliphatic rings. The summed E-state index contributed by atoms with van der Waals surface area (Å²) in [6, 6.07) is 80.5. The Morgan fingerprint density at radius 1 is 0.400 bits per heavy atom. The number of hydrogen-bond acceptors (Lipinski definition) is 9. The average Bonchev–Trinajstić information content (AvgIpc) is 4.31. The van der Waals surface area contributed by atoms with E-state index >= 15 is 0 Å². The molecule has 5 aromatic heterocycles. The molecule has 378 valence electrons. The summed E-state index contributed by atoms with van der Waals surface area (Å²) in [6.45, 7) is 6.52. The fraction of sp³-hybridized carbons (Fsp3) is 0.0145. The smallest absolute Gasteiger partial charge is 0.164 e. The summed E-state index contributed by atoms with van der Waals surface area (Å²) < 4.78 is 4.62. The van der Waals surface area contributed by atoms with Crippen molar-refractivity contribution < 1.29 is 0 Å². The van der Waals surface area contributed by atoms with Crippen LogP contribution in [0.3, 0.4) is 0 Å². The third kappa shape index (κ3) is 8.73. The molecule has 0 amide bonds. The van der Waals surface area contributed by atoms with Gasteiger partial charge in [0.2, 0.25) is 0 Å². The van der Waals surface area contributed by atoms with E-state index in [0.29, 0.717) is 34.9 Å². The van der Waals surface area contributed by atoms with Crippen molar-refractivity contribution in [3.8, 4) is 90.3 Å². The lowest BCUT2D eigenvalue weighted by Crippen LogP contribution is -2.02. The molecule has 0 fully saturated rings. The minimum atomic E-state index is 0.581. The molecule has 0 aliphatic heterocycles. The van der Waals surface area contributed by atoms with Crippen LogP contribution < -0.4 is 0 Å². The van der Waals surface area contributed by atoms with Crippen molar-refractivity contribution in [2.45, 2.75) is 6.92 Å². The van der Waals surface area contributed by atoms with Crippen molar-refractivity contribution in [1.29, 1.82) is 0 Å². The van der Waals surface area contributed by atoms with Crippen LogP contribution >= 0.6 is 11.3 Å². The molecular weight excluding hydrogens is 1000 g/mol. The van der Waals surface area contributed by atoms with Crippen LogP contribution in [0, 0.1) is 6.92 Å². The predicted molar refractivity (Wildman–Crippen MR) is 325 cm³/mol. The van der Waals surface area contributed by atoms with Crippen molar-refractivity contribution in [1.82, 2.24) is 49.2 Å². The van der Waals surface area contributed by atoms with Crippen LogP contribution in [0.2, 0.25) is 0 Å². The quantitative estimate of drug-likeness (QED) is 0.111. The van der Waals surface area contributed by atoms with Gasteiger partial charge in [-0.15, -0.1) is 10.2 Å². The first-order valence-electron chi connectivity index (χ1n) is 26.3. The molecule has 0 unspecified atom stereocenters. The zero-order valence-electron chi connectivity index (χ0n) is 43.3.